The molecule has 1 aromatic carbocycles. The van der Waals surface area contributed by atoms with Gasteiger partial charge in [-0.15, -0.1) is 0 Å². The largest absolute Gasteiger partial charge is 0.272 e. The molecule has 0 aliphatic carbocycles. The number of aromatic nitrogens is 2. The molecule has 1 heterocycles. The van der Waals surface area contributed by atoms with Crippen molar-refractivity contribution in [3.63, 3.8) is 0 Å². The van der Waals surface area contributed by atoms with Crippen molar-refractivity contribution in [1.82, 2.24) is 20.8 Å². The molecule has 6 nitrogen and oxygen atoms in total. The monoisotopic (exact) mass is 348 g/mol. The molecular weight excluding hydrogens is 331 g/mol. The predicted molar refractivity (Wildman–Crippen MR) is 89.0 cm³/mol. The number of aryl methyl sites for hydroxylation is 2. The first-order chi connectivity index (χ1) is 11.4. The summed E-state index contributed by atoms with van der Waals surface area (Å²) in [5.41, 5.74) is 7.01. The first kappa shape index (κ1) is 17.9. The van der Waals surface area contributed by atoms with Gasteiger partial charge in [-0.1, -0.05) is 23.9 Å². The van der Waals surface area contributed by atoms with Gasteiger partial charge in [-0.3, -0.25) is 20.4 Å². The molecule has 2 aromatic rings. The average molecular weight is 348 g/mol. The molecule has 24 heavy (non-hydrogen) atoms. The third-order valence-corrected chi connectivity index (χ3v) is 4.23. The smallest absolute Gasteiger partial charge is 0.272 e. The molecule has 2 rings (SSSR count). The zero-order chi connectivity index (χ0) is 17.7. The normalized spacial score (nSPS) is 10.3. The molecular formula is C16H17FN4O2S. The van der Waals surface area contributed by atoms with E-state index in [1.807, 2.05) is 20.8 Å². The summed E-state index contributed by atoms with van der Waals surface area (Å²) in [6, 6.07) is 5.52. The van der Waals surface area contributed by atoms with E-state index in [1.165, 1.54) is 24.3 Å². The highest BCUT2D eigenvalue weighted by atomic mass is 32.2. The lowest BCUT2D eigenvalue weighted by atomic mass is 10.2. The standard InChI is InChI=1S/C16H17FN4O2S/c1-9-10(2)18-16(19-11(9)3)24-8-14(22)20-21-15(23)12-6-4-5-7-13(12)17/h4-7H,8H2,1-3H3,(H,20,22)(H,21,23). The summed E-state index contributed by atoms with van der Waals surface area (Å²) >= 11 is 1.16. The highest BCUT2D eigenvalue weighted by Gasteiger charge is 2.12. The number of halogens is 1. The maximum Gasteiger partial charge on any atom is 0.272 e. The van der Waals surface area contributed by atoms with E-state index < -0.39 is 17.6 Å². The van der Waals surface area contributed by atoms with Crippen molar-refractivity contribution in [2.45, 2.75) is 25.9 Å². The second kappa shape index (κ2) is 7.87. The number of nitrogens with zero attached hydrogens (tertiary/aromatic N) is 2. The molecule has 0 atom stereocenters. The Balaban J connectivity index is 1.86. The van der Waals surface area contributed by atoms with E-state index in [1.54, 1.807) is 0 Å². The van der Waals surface area contributed by atoms with Gasteiger partial charge in [0.05, 0.1) is 11.3 Å². The van der Waals surface area contributed by atoms with E-state index in [4.69, 9.17) is 0 Å². The summed E-state index contributed by atoms with van der Waals surface area (Å²) in [5.74, 6) is -1.79. The van der Waals surface area contributed by atoms with Gasteiger partial charge in [0, 0.05) is 11.4 Å². The maximum atomic E-state index is 13.4. The molecule has 0 unspecified atom stereocenters. The minimum atomic E-state index is -0.718. The fourth-order valence-electron chi connectivity index (χ4n) is 1.81. The number of benzene rings is 1. The van der Waals surface area contributed by atoms with Crippen LogP contribution >= 0.6 is 11.8 Å². The number of hydrogen-bond acceptors (Lipinski definition) is 5. The Morgan fingerprint density at radius 3 is 2.33 bits per heavy atom. The number of amides is 2. The van der Waals surface area contributed by atoms with Crippen LogP contribution in [0.25, 0.3) is 0 Å². The van der Waals surface area contributed by atoms with Crippen molar-refractivity contribution in [2.24, 2.45) is 0 Å². The van der Waals surface area contributed by atoms with Crippen LogP contribution < -0.4 is 10.9 Å². The molecule has 0 aliphatic heterocycles. The molecule has 126 valence electrons. The Labute approximate surface area is 143 Å². The molecule has 0 fully saturated rings. The van der Waals surface area contributed by atoms with Gasteiger partial charge in [-0.2, -0.15) is 0 Å². The Hall–Kier alpha value is -2.48. The zero-order valence-corrected chi connectivity index (χ0v) is 14.3. The fraction of sp³-hybridized carbons (Fsp3) is 0.250. The van der Waals surface area contributed by atoms with Crippen molar-refractivity contribution in [1.29, 1.82) is 0 Å². The molecule has 0 spiro atoms. The molecule has 0 aliphatic rings. The third kappa shape index (κ3) is 4.51. The van der Waals surface area contributed by atoms with Crippen LogP contribution in [0.3, 0.4) is 0 Å². The van der Waals surface area contributed by atoms with Gasteiger partial charge < -0.3 is 0 Å². The second-order valence-corrected chi connectivity index (χ2v) is 6.02. The lowest BCUT2D eigenvalue weighted by Crippen LogP contribution is -2.42. The van der Waals surface area contributed by atoms with Crippen molar-refractivity contribution in [3.05, 3.63) is 52.6 Å². The van der Waals surface area contributed by atoms with Gasteiger partial charge >= 0.3 is 0 Å². The van der Waals surface area contributed by atoms with E-state index in [2.05, 4.69) is 20.8 Å². The lowest BCUT2D eigenvalue weighted by Gasteiger charge is -2.08. The topological polar surface area (TPSA) is 84.0 Å². The van der Waals surface area contributed by atoms with Crippen LogP contribution in [0.4, 0.5) is 4.39 Å². The average Bonchev–Trinajstić information content (AvgIpc) is 2.56. The number of hydrazine groups is 1. The highest BCUT2D eigenvalue weighted by Crippen LogP contribution is 2.16. The zero-order valence-electron chi connectivity index (χ0n) is 13.5. The van der Waals surface area contributed by atoms with E-state index in [-0.39, 0.29) is 11.3 Å². The predicted octanol–water partition coefficient (Wildman–Crippen LogP) is 2.09. The number of rotatable bonds is 4. The maximum absolute atomic E-state index is 13.4. The number of thioether (sulfide) groups is 1. The number of nitrogens with one attached hydrogen (secondary N) is 2. The second-order valence-electron chi connectivity index (χ2n) is 5.07. The summed E-state index contributed by atoms with van der Waals surface area (Å²) in [5, 5.41) is 0.492. The first-order valence-corrected chi connectivity index (χ1v) is 8.15. The van der Waals surface area contributed by atoms with Crippen LogP contribution in [0.15, 0.2) is 29.4 Å². The fourth-order valence-corrected chi connectivity index (χ4v) is 2.55. The number of carbonyl (C=O) groups is 2. The van der Waals surface area contributed by atoms with E-state index >= 15 is 0 Å². The van der Waals surface area contributed by atoms with Crippen LogP contribution in [0, 0.1) is 26.6 Å². The van der Waals surface area contributed by atoms with Crippen molar-refractivity contribution in [3.8, 4) is 0 Å². The Bertz CT molecular complexity index is 759. The van der Waals surface area contributed by atoms with E-state index in [9.17, 15) is 14.0 Å². The quantitative estimate of drug-likeness (QED) is 0.502. The van der Waals surface area contributed by atoms with E-state index in [0.29, 0.717) is 5.16 Å². The summed E-state index contributed by atoms with van der Waals surface area (Å²) < 4.78 is 13.4. The van der Waals surface area contributed by atoms with Crippen molar-refractivity contribution < 1.29 is 14.0 Å². The SMILES string of the molecule is Cc1nc(SCC(=O)NNC(=O)c2ccccc2F)nc(C)c1C. The minimum absolute atomic E-state index is 0.0273. The number of carbonyl (C=O) groups excluding carboxylic acids is 2. The highest BCUT2D eigenvalue weighted by molar-refractivity contribution is 7.99. The molecule has 0 saturated heterocycles. The van der Waals surface area contributed by atoms with Gasteiger partial charge in [0.2, 0.25) is 5.91 Å². The summed E-state index contributed by atoms with van der Waals surface area (Å²) in [4.78, 5) is 32.1. The first-order valence-electron chi connectivity index (χ1n) is 7.17. The van der Waals surface area contributed by atoms with Gasteiger partial charge in [0.1, 0.15) is 5.82 Å². The van der Waals surface area contributed by atoms with Crippen LogP contribution in [0.2, 0.25) is 0 Å². The molecule has 2 amide bonds. The van der Waals surface area contributed by atoms with Gasteiger partial charge in [0.25, 0.3) is 5.91 Å². The van der Waals surface area contributed by atoms with Gasteiger partial charge in [-0.05, 0) is 38.5 Å². The molecule has 1 aromatic heterocycles. The Morgan fingerprint density at radius 2 is 1.71 bits per heavy atom. The van der Waals surface area contributed by atoms with E-state index in [0.717, 1.165) is 28.7 Å². The van der Waals surface area contributed by atoms with Crippen LogP contribution in [-0.4, -0.2) is 27.5 Å². The molecule has 2 N–H and O–H groups in total. The molecule has 0 saturated carbocycles. The minimum Gasteiger partial charge on any atom is -0.272 e. The third-order valence-electron chi connectivity index (χ3n) is 3.38. The van der Waals surface area contributed by atoms with Gasteiger partial charge in [-0.25, -0.2) is 14.4 Å². The number of hydrogen-bond donors (Lipinski definition) is 2. The van der Waals surface area contributed by atoms with Crippen molar-refractivity contribution in [2.75, 3.05) is 5.75 Å². The molecule has 8 heteroatoms. The van der Waals surface area contributed by atoms with Crippen LogP contribution in [-0.2, 0) is 4.79 Å². The Morgan fingerprint density at radius 1 is 1.08 bits per heavy atom. The molecule has 0 bridgehead atoms. The molecule has 0 radical (unpaired) electrons. The van der Waals surface area contributed by atoms with Crippen LogP contribution in [0.5, 0.6) is 0 Å². The van der Waals surface area contributed by atoms with Crippen LogP contribution in [0.1, 0.15) is 27.3 Å². The lowest BCUT2D eigenvalue weighted by molar-refractivity contribution is -0.119. The summed E-state index contributed by atoms with van der Waals surface area (Å²) in [7, 11) is 0. The summed E-state index contributed by atoms with van der Waals surface area (Å²) in [6.07, 6.45) is 0. The van der Waals surface area contributed by atoms with Crippen molar-refractivity contribution >= 4 is 23.6 Å². The summed E-state index contributed by atoms with van der Waals surface area (Å²) in [6.45, 7) is 5.69. The Kier molecular flexibility index (Phi) is 5.86. The van der Waals surface area contributed by atoms with Gasteiger partial charge in [0.15, 0.2) is 5.16 Å².